The molecule has 0 aliphatic carbocycles. The molecule has 0 unspecified atom stereocenters. The van der Waals surface area contributed by atoms with Crippen molar-refractivity contribution in [1.82, 2.24) is 4.31 Å². The van der Waals surface area contributed by atoms with Gasteiger partial charge in [0.15, 0.2) is 0 Å². The van der Waals surface area contributed by atoms with E-state index in [1.54, 1.807) is 24.3 Å². The van der Waals surface area contributed by atoms with Gasteiger partial charge in [-0.05, 0) is 5.56 Å². The Morgan fingerprint density at radius 1 is 1.39 bits per heavy atom. The Kier molecular flexibility index (Phi) is 5.21. The third-order valence-electron chi connectivity index (χ3n) is 2.48. The van der Waals surface area contributed by atoms with E-state index in [4.69, 9.17) is 23.1 Å². The van der Waals surface area contributed by atoms with Crippen LogP contribution in [0.15, 0.2) is 24.3 Å². The van der Waals surface area contributed by atoms with E-state index in [1.807, 2.05) is 0 Å². The van der Waals surface area contributed by atoms with Gasteiger partial charge >= 0.3 is 0 Å². The van der Waals surface area contributed by atoms with Crippen LogP contribution in [0.1, 0.15) is 11.1 Å². The molecule has 7 heteroatoms. The lowest BCUT2D eigenvalue weighted by Crippen LogP contribution is -2.30. The Balaban J connectivity index is 2.81. The number of sulfonamides is 1. The van der Waals surface area contributed by atoms with Crippen LogP contribution in [0.3, 0.4) is 0 Å². The van der Waals surface area contributed by atoms with Gasteiger partial charge in [0.05, 0.1) is 12.4 Å². The third-order valence-corrected chi connectivity index (χ3v) is 4.54. The summed E-state index contributed by atoms with van der Waals surface area (Å²) >= 11 is 4.81. The second-order valence-corrected chi connectivity index (χ2v) is 6.38. The zero-order valence-corrected chi connectivity index (χ0v) is 11.7. The monoisotopic (exact) mass is 288 g/mol. The Labute approximate surface area is 112 Å². The highest BCUT2D eigenvalue weighted by Crippen LogP contribution is 2.11. The summed E-state index contributed by atoms with van der Waals surface area (Å²) in [5, 5.41) is 8.73. The van der Waals surface area contributed by atoms with Crippen LogP contribution in [0.25, 0.3) is 0 Å². The summed E-state index contributed by atoms with van der Waals surface area (Å²) < 4.78 is 24.9. The van der Waals surface area contributed by atoms with Crippen LogP contribution in [0.4, 0.5) is 0 Å². The molecule has 0 heterocycles. The van der Waals surface area contributed by atoms with E-state index in [1.165, 1.54) is 7.05 Å². The summed E-state index contributed by atoms with van der Waals surface area (Å²) in [6.45, 7) is -0.108. The standard InChI is InChI=1S/C11H16N2O3S2/c1-13(6-7-14)18(15,16)8-9-2-4-10(5-3-9)11(12)17/h2-5,14H,6-8H2,1H3,(H2,12,17). The molecule has 0 aliphatic rings. The predicted molar refractivity (Wildman–Crippen MR) is 74.7 cm³/mol. The zero-order valence-electron chi connectivity index (χ0n) is 10.0. The second-order valence-electron chi connectivity index (χ2n) is 3.86. The van der Waals surface area contributed by atoms with Crippen LogP contribution in [0.5, 0.6) is 0 Å². The van der Waals surface area contributed by atoms with E-state index in [0.29, 0.717) is 11.1 Å². The van der Waals surface area contributed by atoms with Crippen molar-refractivity contribution in [3.05, 3.63) is 35.4 Å². The van der Waals surface area contributed by atoms with Crippen LogP contribution >= 0.6 is 12.2 Å². The fourth-order valence-corrected chi connectivity index (χ4v) is 2.70. The lowest BCUT2D eigenvalue weighted by atomic mass is 10.1. The Hall–Kier alpha value is -1.02. The maximum Gasteiger partial charge on any atom is 0.218 e. The van der Waals surface area contributed by atoms with E-state index in [0.717, 1.165) is 4.31 Å². The molecule has 1 aromatic carbocycles. The maximum absolute atomic E-state index is 11.9. The first-order valence-electron chi connectivity index (χ1n) is 5.30. The van der Waals surface area contributed by atoms with Gasteiger partial charge in [-0.15, -0.1) is 0 Å². The maximum atomic E-state index is 11.9. The van der Waals surface area contributed by atoms with Crippen molar-refractivity contribution in [2.45, 2.75) is 5.75 Å². The largest absolute Gasteiger partial charge is 0.395 e. The summed E-state index contributed by atoms with van der Waals surface area (Å²) in [7, 11) is -1.96. The summed E-state index contributed by atoms with van der Waals surface area (Å²) in [4.78, 5) is 0.279. The minimum absolute atomic E-state index is 0.0906. The van der Waals surface area contributed by atoms with Crippen LogP contribution < -0.4 is 5.73 Å². The number of nitrogens with zero attached hydrogens (tertiary/aromatic N) is 1. The van der Waals surface area contributed by atoms with Crippen LogP contribution in [0.2, 0.25) is 0 Å². The first kappa shape index (κ1) is 15.0. The molecular formula is C11H16N2O3S2. The SMILES string of the molecule is CN(CCO)S(=O)(=O)Cc1ccc(C(N)=S)cc1. The molecule has 0 saturated carbocycles. The van der Waals surface area contributed by atoms with Crippen LogP contribution in [-0.2, 0) is 15.8 Å². The third kappa shape index (κ3) is 4.02. The number of thiocarbonyl (C=S) groups is 1. The van der Waals surface area contributed by atoms with Gasteiger partial charge < -0.3 is 10.8 Å². The van der Waals surface area contributed by atoms with Gasteiger partial charge in [0.2, 0.25) is 10.0 Å². The van der Waals surface area contributed by atoms with Gasteiger partial charge in [-0.2, -0.15) is 0 Å². The number of aliphatic hydroxyl groups excluding tert-OH is 1. The van der Waals surface area contributed by atoms with E-state index < -0.39 is 10.0 Å². The van der Waals surface area contributed by atoms with E-state index in [2.05, 4.69) is 0 Å². The minimum Gasteiger partial charge on any atom is -0.395 e. The molecule has 0 spiro atoms. The zero-order chi connectivity index (χ0) is 13.8. The highest BCUT2D eigenvalue weighted by Gasteiger charge is 2.17. The summed E-state index contributed by atoms with van der Waals surface area (Å²) in [5.41, 5.74) is 6.81. The molecule has 0 aliphatic heterocycles. The predicted octanol–water partition coefficient (Wildman–Crippen LogP) is 0.0747. The molecule has 100 valence electrons. The normalized spacial score (nSPS) is 11.7. The summed E-state index contributed by atoms with van der Waals surface area (Å²) in [6.07, 6.45) is 0. The first-order chi connectivity index (χ1) is 8.36. The van der Waals surface area contributed by atoms with Crippen molar-refractivity contribution in [1.29, 1.82) is 0 Å². The lowest BCUT2D eigenvalue weighted by molar-refractivity contribution is 0.266. The van der Waals surface area contributed by atoms with Crippen LogP contribution in [0, 0.1) is 0 Å². The highest BCUT2D eigenvalue weighted by atomic mass is 32.2. The molecule has 0 aromatic heterocycles. The molecule has 0 amide bonds. The van der Waals surface area contributed by atoms with Gasteiger partial charge in [-0.3, -0.25) is 0 Å². The molecule has 1 rings (SSSR count). The van der Waals surface area contributed by atoms with Gasteiger partial charge in [0.1, 0.15) is 4.99 Å². The van der Waals surface area contributed by atoms with E-state index in [-0.39, 0.29) is 23.9 Å². The minimum atomic E-state index is -3.40. The number of likely N-dealkylation sites (N-methyl/N-ethyl adjacent to an activating group) is 1. The van der Waals surface area contributed by atoms with Gasteiger partial charge in [0.25, 0.3) is 0 Å². The van der Waals surface area contributed by atoms with Crippen molar-refractivity contribution in [3.8, 4) is 0 Å². The molecule has 5 nitrogen and oxygen atoms in total. The van der Waals surface area contributed by atoms with Gasteiger partial charge in [0, 0.05) is 19.2 Å². The molecule has 1 aromatic rings. The van der Waals surface area contributed by atoms with Crippen molar-refractivity contribution in [2.24, 2.45) is 5.73 Å². The number of aliphatic hydroxyl groups is 1. The van der Waals surface area contributed by atoms with Crippen LogP contribution in [-0.4, -0.2) is 43.0 Å². The van der Waals surface area contributed by atoms with Gasteiger partial charge in [-0.1, -0.05) is 36.5 Å². The lowest BCUT2D eigenvalue weighted by Gasteiger charge is -2.15. The van der Waals surface area contributed by atoms with Crippen molar-refractivity contribution in [3.63, 3.8) is 0 Å². The summed E-state index contributed by atoms with van der Waals surface area (Å²) in [5.74, 6) is -0.110. The molecule has 0 bridgehead atoms. The Morgan fingerprint density at radius 3 is 2.39 bits per heavy atom. The Morgan fingerprint density at radius 2 is 1.94 bits per heavy atom. The molecule has 3 N–H and O–H groups in total. The van der Waals surface area contributed by atoms with Crippen molar-refractivity contribution < 1.29 is 13.5 Å². The highest BCUT2D eigenvalue weighted by molar-refractivity contribution is 7.88. The fraction of sp³-hybridized carbons (Fsp3) is 0.364. The molecule has 0 saturated heterocycles. The first-order valence-corrected chi connectivity index (χ1v) is 7.32. The molecule has 0 fully saturated rings. The van der Waals surface area contributed by atoms with E-state index in [9.17, 15) is 8.42 Å². The average molecular weight is 288 g/mol. The van der Waals surface area contributed by atoms with Crippen molar-refractivity contribution >= 4 is 27.2 Å². The van der Waals surface area contributed by atoms with E-state index >= 15 is 0 Å². The quantitative estimate of drug-likeness (QED) is 0.724. The number of rotatable bonds is 6. The summed E-state index contributed by atoms with van der Waals surface area (Å²) in [6, 6.07) is 6.75. The van der Waals surface area contributed by atoms with Gasteiger partial charge in [-0.25, -0.2) is 12.7 Å². The topological polar surface area (TPSA) is 83.6 Å². The Bertz CT molecular complexity index is 512. The number of hydrogen-bond donors (Lipinski definition) is 2. The number of nitrogens with two attached hydrogens (primary N) is 1. The average Bonchev–Trinajstić information content (AvgIpc) is 2.29. The number of hydrogen-bond acceptors (Lipinski definition) is 4. The molecular weight excluding hydrogens is 272 g/mol. The fourth-order valence-electron chi connectivity index (χ4n) is 1.37. The second kappa shape index (κ2) is 6.24. The molecule has 0 radical (unpaired) electrons. The number of benzene rings is 1. The molecule has 0 atom stereocenters. The smallest absolute Gasteiger partial charge is 0.218 e. The molecule has 18 heavy (non-hydrogen) atoms. The van der Waals surface area contributed by atoms with Crippen molar-refractivity contribution in [2.75, 3.05) is 20.2 Å².